The third-order valence-corrected chi connectivity index (χ3v) is 6.42. The Morgan fingerprint density at radius 1 is 1.26 bits per heavy atom. The Balaban J connectivity index is 1.54. The lowest BCUT2D eigenvalue weighted by Gasteiger charge is -2.23. The number of rotatable bonds is 4. The highest BCUT2D eigenvalue weighted by molar-refractivity contribution is 6.12. The normalized spacial score (nSPS) is 20.0. The third-order valence-electron chi connectivity index (χ3n) is 6.42. The average Bonchev–Trinajstić information content (AvgIpc) is 3.46. The number of amides is 1. The van der Waals surface area contributed by atoms with Crippen molar-refractivity contribution < 1.29 is 14.0 Å². The van der Waals surface area contributed by atoms with Crippen LogP contribution in [0.25, 0.3) is 11.1 Å². The van der Waals surface area contributed by atoms with E-state index in [4.69, 9.17) is 0 Å². The number of nitrogens with zero attached hydrogens (tertiary/aromatic N) is 3. The maximum absolute atomic E-state index is 15.0. The molecule has 7 heteroatoms. The molecule has 2 aliphatic rings. The van der Waals surface area contributed by atoms with Crippen LogP contribution in [0.4, 0.5) is 10.1 Å². The second-order valence-corrected chi connectivity index (χ2v) is 8.36. The topological polar surface area (TPSA) is 67.2 Å². The fourth-order valence-electron chi connectivity index (χ4n) is 4.88. The van der Waals surface area contributed by atoms with Crippen molar-refractivity contribution in [2.45, 2.75) is 25.3 Å². The van der Waals surface area contributed by atoms with Crippen LogP contribution in [0.2, 0.25) is 0 Å². The molecule has 6 nitrogen and oxygen atoms in total. The van der Waals surface area contributed by atoms with Gasteiger partial charge in [-0.2, -0.15) is 5.10 Å². The predicted octanol–water partition coefficient (Wildman–Crippen LogP) is 3.21. The number of ketones is 1. The minimum atomic E-state index is -0.760. The maximum atomic E-state index is 15.0. The van der Waals surface area contributed by atoms with Crippen LogP contribution in [0.5, 0.6) is 0 Å². The Morgan fingerprint density at radius 2 is 2.10 bits per heavy atom. The molecular formula is C24H23FN4O2. The molecule has 3 aromatic rings. The van der Waals surface area contributed by atoms with Gasteiger partial charge in [-0.1, -0.05) is 24.3 Å². The molecule has 1 atom stereocenters. The lowest BCUT2D eigenvalue weighted by molar-refractivity contribution is -0.122. The molecule has 0 radical (unpaired) electrons. The minimum absolute atomic E-state index is 0.0650. The average molecular weight is 418 g/mol. The molecule has 1 aromatic heterocycles. The molecular weight excluding hydrogens is 395 g/mol. The molecule has 2 aromatic carbocycles. The summed E-state index contributed by atoms with van der Waals surface area (Å²) >= 11 is 0. The van der Waals surface area contributed by atoms with Gasteiger partial charge < -0.3 is 10.2 Å². The summed E-state index contributed by atoms with van der Waals surface area (Å²) in [5.74, 6) is -0.509. The van der Waals surface area contributed by atoms with Crippen molar-refractivity contribution in [3.8, 4) is 11.1 Å². The summed E-state index contributed by atoms with van der Waals surface area (Å²) in [5.41, 5.74) is 3.30. The van der Waals surface area contributed by atoms with Crippen LogP contribution in [0.15, 0.2) is 48.8 Å². The highest BCUT2D eigenvalue weighted by Gasteiger charge is 2.53. The van der Waals surface area contributed by atoms with Gasteiger partial charge in [0.1, 0.15) is 5.82 Å². The van der Waals surface area contributed by atoms with Gasteiger partial charge in [0.25, 0.3) is 0 Å². The van der Waals surface area contributed by atoms with Gasteiger partial charge in [-0.3, -0.25) is 14.3 Å². The zero-order chi connectivity index (χ0) is 21.8. The molecule has 0 bridgehead atoms. The zero-order valence-electron chi connectivity index (χ0n) is 17.5. The van der Waals surface area contributed by atoms with E-state index in [1.165, 1.54) is 13.0 Å². The molecule has 31 heavy (non-hydrogen) atoms. The molecule has 1 amide bonds. The first kappa shape index (κ1) is 19.6. The summed E-state index contributed by atoms with van der Waals surface area (Å²) in [7, 11) is 1.81. The second-order valence-electron chi connectivity index (χ2n) is 8.36. The number of hydrogen-bond donors (Lipinski definition) is 1. The number of hydrogen-bond acceptors (Lipinski definition) is 4. The van der Waals surface area contributed by atoms with Crippen LogP contribution in [0, 0.1) is 5.82 Å². The number of benzene rings is 2. The first-order valence-corrected chi connectivity index (χ1v) is 10.4. The van der Waals surface area contributed by atoms with Gasteiger partial charge >= 0.3 is 0 Å². The molecule has 1 spiro atoms. The van der Waals surface area contributed by atoms with Crippen molar-refractivity contribution in [3.05, 3.63) is 71.3 Å². The van der Waals surface area contributed by atoms with E-state index in [-0.39, 0.29) is 24.1 Å². The fraction of sp³-hybridized carbons (Fsp3) is 0.292. The van der Waals surface area contributed by atoms with Crippen molar-refractivity contribution in [2.75, 3.05) is 18.0 Å². The molecule has 3 heterocycles. The number of carbonyl (C=O) groups excluding carboxylic acids is 2. The molecule has 1 fully saturated rings. The van der Waals surface area contributed by atoms with Crippen molar-refractivity contribution >= 4 is 17.4 Å². The molecule has 1 unspecified atom stereocenters. The Labute approximate surface area is 179 Å². The quantitative estimate of drug-likeness (QED) is 0.661. The maximum Gasteiger partial charge on any atom is 0.239 e. The highest BCUT2D eigenvalue weighted by atomic mass is 19.1. The first-order valence-electron chi connectivity index (χ1n) is 10.4. The third kappa shape index (κ3) is 2.99. The molecule has 0 saturated carbocycles. The largest absolute Gasteiger partial charge is 0.315 e. The van der Waals surface area contributed by atoms with E-state index in [2.05, 4.69) is 10.4 Å². The van der Waals surface area contributed by atoms with E-state index in [0.717, 1.165) is 16.7 Å². The summed E-state index contributed by atoms with van der Waals surface area (Å²) < 4.78 is 16.7. The highest BCUT2D eigenvalue weighted by Crippen LogP contribution is 2.48. The Bertz CT molecular complexity index is 1210. The van der Waals surface area contributed by atoms with E-state index in [9.17, 15) is 9.59 Å². The lowest BCUT2D eigenvalue weighted by Crippen LogP contribution is -2.42. The van der Waals surface area contributed by atoms with E-state index in [1.807, 2.05) is 25.4 Å². The number of nitrogens with one attached hydrogen (secondary N) is 1. The van der Waals surface area contributed by atoms with Crippen LogP contribution in [0.1, 0.15) is 34.8 Å². The second kappa shape index (κ2) is 7.13. The van der Waals surface area contributed by atoms with E-state index in [0.29, 0.717) is 36.3 Å². The number of anilines is 1. The van der Waals surface area contributed by atoms with Crippen molar-refractivity contribution in [3.63, 3.8) is 0 Å². The van der Waals surface area contributed by atoms with Crippen molar-refractivity contribution in [1.82, 2.24) is 15.1 Å². The van der Waals surface area contributed by atoms with E-state index in [1.54, 1.807) is 34.0 Å². The van der Waals surface area contributed by atoms with Gasteiger partial charge in [-0.15, -0.1) is 0 Å². The Morgan fingerprint density at radius 3 is 2.74 bits per heavy atom. The lowest BCUT2D eigenvalue weighted by atomic mass is 9.78. The molecule has 2 aliphatic heterocycles. The first-order chi connectivity index (χ1) is 14.9. The monoisotopic (exact) mass is 418 g/mol. The molecule has 5 rings (SSSR count). The number of carbonyl (C=O) groups is 2. The molecule has 158 valence electrons. The fourth-order valence-corrected chi connectivity index (χ4v) is 4.88. The van der Waals surface area contributed by atoms with Gasteiger partial charge in [-0.05, 0) is 37.6 Å². The standard InChI is InChI=1S/C24H23FN4O2/c1-15(30)19-4-3-5-21-22(19)24(8-9-26-14-24)23(31)29(21)13-17-7-6-16(10-20(17)25)18-11-27-28(2)12-18/h3-7,10-12,26H,8-9,13-14H2,1-2H3. The summed E-state index contributed by atoms with van der Waals surface area (Å²) in [6.45, 7) is 2.84. The van der Waals surface area contributed by atoms with Gasteiger partial charge in [-0.25, -0.2) is 4.39 Å². The molecule has 1 N–H and O–H groups in total. The van der Waals surface area contributed by atoms with E-state index >= 15 is 4.39 Å². The Hall–Kier alpha value is -3.32. The number of aryl methyl sites for hydroxylation is 1. The van der Waals surface area contributed by atoms with Gasteiger partial charge in [0, 0.05) is 47.7 Å². The summed E-state index contributed by atoms with van der Waals surface area (Å²) in [4.78, 5) is 27.6. The van der Waals surface area contributed by atoms with Crippen LogP contribution in [0.3, 0.4) is 0 Å². The summed E-state index contributed by atoms with van der Waals surface area (Å²) in [6, 6.07) is 10.5. The van der Waals surface area contributed by atoms with E-state index < -0.39 is 5.41 Å². The minimum Gasteiger partial charge on any atom is -0.315 e. The number of aromatic nitrogens is 2. The smallest absolute Gasteiger partial charge is 0.239 e. The van der Waals surface area contributed by atoms with Gasteiger partial charge in [0.15, 0.2) is 5.78 Å². The van der Waals surface area contributed by atoms with Gasteiger partial charge in [0.2, 0.25) is 5.91 Å². The molecule has 1 saturated heterocycles. The van der Waals surface area contributed by atoms with Crippen molar-refractivity contribution in [1.29, 1.82) is 0 Å². The predicted molar refractivity (Wildman–Crippen MR) is 115 cm³/mol. The zero-order valence-corrected chi connectivity index (χ0v) is 17.5. The summed E-state index contributed by atoms with van der Waals surface area (Å²) in [6.07, 6.45) is 4.14. The van der Waals surface area contributed by atoms with Crippen LogP contribution >= 0.6 is 0 Å². The van der Waals surface area contributed by atoms with Crippen LogP contribution in [-0.2, 0) is 23.8 Å². The number of halogens is 1. The molecule has 0 aliphatic carbocycles. The Kier molecular flexibility index (Phi) is 4.51. The number of fused-ring (bicyclic) bond motifs is 2. The van der Waals surface area contributed by atoms with Crippen molar-refractivity contribution in [2.24, 2.45) is 7.05 Å². The van der Waals surface area contributed by atoms with Crippen LogP contribution < -0.4 is 10.2 Å². The van der Waals surface area contributed by atoms with Gasteiger partial charge in [0.05, 0.1) is 18.2 Å². The SMILES string of the molecule is CC(=O)c1cccc2c1C1(CCNC1)C(=O)N2Cc1ccc(-c2cnn(C)c2)cc1F. The van der Waals surface area contributed by atoms with Crippen LogP contribution in [-0.4, -0.2) is 34.6 Å². The summed E-state index contributed by atoms with van der Waals surface area (Å²) in [5, 5.41) is 7.41. The number of Topliss-reactive ketones (excluding diaryl/α,β-unsaturated/α-hetero) is 1.